The van der Waals surface area contributed by atoms with Crippen LogP contribution in [0.4, 0.5) is 0 Å². The number of aromatic nitrogens is 2. The molecule has 3 heterocycles. The van der Waals surface area contributed by atoms with Crippen molar-refractivity contribution in [3.05, 3.63) is 60.6 Å². The molecule has 6 nitrogen and oxygen atoms in total. The SMILES string of the molecule is Cc1ccc2cccc(S(=O)(=O)N3CCCC(Oc4ccncc4)C3)c2n1. The molecule has 0 N–H and O–H groups in total. The van der Waals surface area contributed by atoms with Crippen molar-refractivity contribution in [1.29, 1.82) is 0 Å². The second kappa shape index (κ2) is 7.25. The Bertz CT molecular complexity index is 1050. The molecule has 140 valence electrons. The highest BCUT2D eigenvalue weighted by Gasteiger charge is 2.32. The molecule has 27 heavy (non-hydrogen) atoms. The molecule has 1 aliphatic heterocycles. The molecule has 1 aliphatic rings. The van der Waals surface area contributed by atoms with E-state index in [1.807, 2.05) is 25.1 Å². The van der Waals surface area contributed by atoms with Gasteiger partial charge in [-0.3, -0.25) is 9.97 Å². The van der Waals surface area contributed by atoms with Crippen molar-refractivity contribution in [3.63, 3.8) is 0 Å². The first-order valence-electron chi connectivity index (χ1n) is 8.97. The molecule has 3 aromatic rings. The zero-order valence-electron chi connectivity index (χ0n) is 15.1. The lowest BCUT2D eigenvalue weighted by Gasteiger charge is -2.32. The summed E-state index contributed by atoms with van der Waals surface area (Å²) < 4.78 is 34.1. The zero-order chi connectivity index (χ0) is 18.9. The van der Waals surface area contributed by atoms with Gasteiger partial charge < -0.3 is 4.74 Å². The maximum absolute atomic E-state index is 13.3. The molecule has 1 fully saturated rings. The molecule has 0 radical (unpaired) electrons. The topological polar surface area (TPSA) is 72.4 Å². The number of aryl methyl sites for hydroxylation is 1. The van der Waals surface area contributed by atoms with Crippen LogP contribution in [0.3, 0.4) is 0 Å². The van der Waals surface area contributed by atoms with E-state index in [-0.39, 0.29) is 11.0 Å². The first kappa shape index (κ1) is 17.9. The van der Waals surface area contributed by atoms with Crippen molar-refractivity contribution in [2.24, 2.45) is 0 Å². The van der Waals surface area contributed by atoms with Gasteiger partial charge in [-0.15, -0.1) is 0 Å². The Morgan fingerprint density at radius 1 is 1.11 bits per heavy atom. The number of rotatable bonds is 4. The Morgan fingerprint density at radius 2 is 1.93 bits per heavy atom. The molecule has 0 spiro atoms. The summed E-state index contributed by atoms with van der Waals surface area (Å²) in [7, 11) is -3.65. The maximum Gasteiger partial charge on any atom is 0.245 e. The van der Waals surface area contributed by atoms with E-state index < -0.39 is 10.0 Å². The second-order valence-electron chi connectivity index (χ2n) is 6.71. The molecule has 1 atom stereocenters. The van der Waals surface area contributed by atoms with Gasteiger partial charge in [-0.25, -0.2) is 8.42 Å². The fraction of sp³-hybridized carbons (Fsp3) is 0.300. The summed E-state index contributed by atoms with van der Waals surface area (Å²) in [6.07, 6.45) is 4.72. The summed E-state index contributed by atoms with van der Waals surface area (Å²) in [4.78, 5) is 8.71. The Morgan fingerprint density at radius 3 is 2.74 bits per heavy atom. The smallest absolute Gasteiger partial charge is 0.245 e. The van der Waals surface area contributed by atoms with Gasteiger partial charge in [0.15, 0.2) is 0 Å². The average molecular weight is 383 g/mol. The minimum absolute atomic E-state index is 0.180. The first-order chi connectivity index (χ1) is 13.0. The average Bonchev–Trinajstić information content (AvgIpc) is 2.68. The van der Waals surface area contributed by atoms with Gasteiger partial charge in [0.1, 0.15) is 16.7 Å². The summed E-state index contributed by atoms with van der Waals surface area (Å²) in [5.41, 5.74) is 1.32. The van der Waals surface area contributed by atoms with Crippen LogP contribution in [0, 0.1) is 6.92 Å². The molecule has 0 saturated carbocycles. The van der Waals surface area contributed by atoms with Crippen molar-refractivity contribution < 1.29 is 13.2 Å². The van der Waals surface area contributed by atoms with Crippen LogP contribution in [0.1, 0.15) is 18.5 Å². The third kappa shape index (κ3) is 3.65. The van der Waals surface area contributed by atoms with Gasteiger partial charge >= 0.3 is 0 Å². The van der Waals surface area contributed by atoms with Crippen molar-refractivity contribution in [1.82, 2.24) is 14.3 Å². The Balaban J connectivity index is 1.63. The Hall–Kier alpha value is -2.51. The summed E-state index contributed by atoms with van der Waals surface area (Å²) >= 11 is 0. The first-order valence-corrected chi connectivity index (χ1v) is 10.4. The number of para-hydroxylation sites is 1. The zero-order valence-corrected chi connectivity index (χ0v) is 15.9. The van der Waals surface area contributed by atoms with Gasteiger partial charge in [-0.05, 0) is 44.0 Å². The normalized spacial score (nSPS) is 18.5. The second-order valence-corrected chi connectivity index (χ2v) is 8.61. The third-order valence-electron chi connectivity index (χ3n) is 4.73. The summed E-state index contributed by atoms with van der Waals surface area (Å²) in [6.45, 7) is 2.68. The number of piperidine rings is 1. The molecule has 1 saturated heterocycles. The van der Waals surface area contributed by atoms with Gasteiger partial charge in [0.25, 0.3) is 0 Å². The van der Waals surface area contributed by atoms with Crippen LogP contribution in [0.2, 0.25) is 0 Å². The van der Waals surface area contributed by atoms with Crippen LogP contribution < -0.4 is 4.74 Å². The van der Waals surface area contributed by atoms with Crippen LogP contribution in [0.25, 0.3) is 10.9 Å². The van der Waals surface area contributed by atoms with E-state index in [1.165, 1.54) is 4.31 Å². The van der Waals surface area contributed by atoms with Crippen LogP contribution in [-0.4, -0.2) is 41.9 Å². The number of hydrogen-bond donors (Lipinski definition) is 0. The number of hydrogen-bond acceptors (Lipinski definition) is 5. The molecular weight excluding hydrogens is 362 g/mol. The van der Waals surface area contributed by atoms with E-state index in [0.29, 0.717) is 24.4 Å². The fourth-order valence-corrected chi connectivity index (χ4v) is 5.06. The van der Waals surface area contributed by atoms with Gasteiger partial charge in [-0.2, -0.15) is 4.31 Å². The number of sulfonamides is 1. The van der Waals surface area contributed by atoms with E-state index in [1.54, 1.807) is 36.7 Å². The molecule has 7 heteroatoms. The highest BCUT2D eigenvalue weighted by molar-refractivity contribution is 7.89. The quantitative estimate of drug-likeness (QED) is 0.692. The van der Waals surface area contributed by atoms with Crippen LogP contribution in [0.5, 0.6) is 5.75 Å². The molecule has 1 unspecified atom stereocenters. The predicted molar refractivity (Wildman–Crippen MR) is 103 cm³/mol. The minimum Gasteiger partial charge on any atom is -0.489 e. The molecule has 2 aromatic heterocycles. The van der Waals surface area contributed by atoms with Crippen molar-refractivity contribution in [3.8, 4) is 5.75 Å². The Kier molecular flexibility index (Phi) is 4.80. The van der Waals surface area contributed by atoms with E-state index >= 15 is 0 Å². The standard InChI is InChI=1S/C20H21N3O3S/c1-15-7-8-16-4-2-6-19(20(16)22-15)27(24,25)23-13-3-5-18(14-23)26-17-9-11-21-12-10-17/h2,4,6-12,18H,3,5,13-14H2,1H3. The van der Waals surface area contributed by atoms with Crippen LogP contribution in [0.15, 0.2) is 59.8 Å². The number of nitrogens with zero attached hydrogens (tertiary/aromatic N) is 3. The largest absolute Gasteiger partial charge is 0.489 e. The van der Waals surface area contributed by atoms with E-state index in [9.17, 15) is 8.42 Å². The summed E-state index contributed by atoms with van der Waals surface area (Å²) in [5, 5.41) is 0.822. The highest BCUT2D eigenvalue weighted by Crippen LogP contribution is 2.27. The third-order valence-corrected chi connectivity index (χ3v) is 6.63. The number of ether oxygens (including phenoxy) is 1. The predicted octanol–water partition coefficient (Wildman–Crippen LogP) is 3.17. The lowest BCUT2D eigenvalue weighted by atomic mass is 10.1. The van der Waals surface area contributed by atoms with Gasteiger partial charge in [0, 0.05) is 30.0 Å². The van der Waals surface area contributed by atoms with Crippen LogP contribution in [-0.2, 0) is 10.0 Å². The van der Waals surface area contributed by atoms with Crippen molar-refractivity contribution >= 4 is 20.9 Å². The molecule has 0 bridgehead atoms. The van der Waals surface area contributed by atoms with Gasteiger partial charge in [-0.1, -0.05) is 18.2 Å². The van der Waals surface area contributed by atoms with Gasteiger partial charge in [0.05, 0.1) is 12.1 Å². The van der Waals surface area contributed by atoms with E-state index in [4.69, 9.17) is 4.74 Å². The lowest BCUT2D eigenvalue weighted by molar-refractivity contribution is 0.129. The molecular formula is C20H21N3O3S. The fourth-order valence-electron chi connectivity index (χ4n) is 3.39. The number of benzene rings is 1. The monoisotopic (exact) mass is 383 g/mol. The van der Waals surface area contributed by atoms with E-state index in [0.717, 1.165) is 23.9 Å². The molecule has 0 amide bonds. The highest BCUT2D eigenvalue weighted by atomic mass is 32.2. The van der Waals surface area contributed by atoms with Crippen molar-refractivity contribution in [2.75, 3.05) is 13.1 Å². The Labute approximate surface area is 158 Å². The maximum atomic E-state index is 13.3. The number of pyridine rings is 2. The number of fused-ring (bicyclic) bond motifs is 1. The van der Waals surface area contributed by atoms with Crippen LogP contribution >= 0.6 is 0 Å². The van der Waals surface area contributed by atoms with Crippen molar-refractivity contribution in [2.45, 2.75) is 30.8 Å². The lowest BCUT2D eigenvalue weighted by Crippen LogP contribution is -2.44. The summed E-state index contributed by atoms with van der Waals surface area (Å²) in [6, 6.07) is 12.6. The minimum atomic E-state index is -3.65. The molecule has 1 aromatic carbocycles. The van der Waals surface area contributed by atoms with E-state index in [2.05, 4.69) is 9.97 Å². The van der Waals surface area contributed by atoms with Gasteiger partial charge in [0.2, 0.25) is 10.0 Å². The molecule has 0 aliphatic carbocycles. The summed E-state index contributed by atoms with van der Waals surface area (Å²) in [5.74, 6) is 0.705. The molecule has 4 rings (SSSR count).